The zero-order chi connectivity index (χ0) is 9.83. The van der Waals surface area contributed by atoms with Crippen molar-refractivity contribution in [1.82, 2.24) is 0 Å². The number of benzene rings is 1. The van der Waals surface area contributed by atoms with E-state index in [-0.39, 0.29) is 0 Å². The molecule has 0 spiro atoms. The summed E-state index contributed by atoms with van der Waals surface area (Å²) in [4.78, 5) is 0. The zero-order valence-electron chi connectivity index (χ0n) is 7.69. The van der Waals surface area contributed by atoms with Gasteiger partial charge in [-0.1, -0.05) is 18.2 Å². The van der Waals surface area contributed by atoms with E-state index >= 15 is 0 Å². The molecular formula is C12H6S3. The minimum absolute atomic E-state index is 1.41. The van der Waals surface area contributed by atoms with E-state index in [1.165, 1.54) is 28.9 Å². The van der Waals surface area contributed by atoms with Gasteiger partial charge < -0.3 is 0 Å². The lowest BCUT2D eigenvalue weighted by Crippen LogP contribution is -1.60. The van der Waals surface area contributed by atoms with Crippen molar-refractivity contribution >= 4 is 62.9 Å². The Kier molecular flexibility index (Phi) is 1.55. The molecule has 0 unspecified atom stereocenters. The van der Waals surface area contributed by atoms with Gasteiger partial charge in [0.05, 0.1) is 8.71 Å². The van der Waals surface area contributed by atoms with E-state index in [2.05, 4.69) is 35.7 Å². The highest BCUT2D eigenvalue weighted by Gasteiger charge is 2.11. The number of hydrogen-bond donors (Lipinski definition) is 0. The molecule has 1 aromatic carbocycles. The normalized spacial score (nSPS) is 12.0. The first-order valence-electron chi connectivity index (χ1n) is 4.71. The third kappa shape index (κ3) is 1.00. The summed E-state index contributed by atoms with van der Waals surface area (Å²) >= 11 is 5.70. The average molecular weight is 246 g/mol. The second kappa shape index (κ2) is 2.82. The minimum Gasteiger partial charge on any atom is -0.142 e. The lowest BCUT2D eigenvalue weighted by Gasteiger charge is -1.86. The predicted octanol–water partition coefficient (Wildman–Crippen LogP) is 5.33. The lowest BCUT2D eigenvalue weighted by molar-refractivity contribution is 1.87. The maximum atomic E-state index is 2.24. The van der Waals surface area contributed by atoms with Gasteiger partial charge in [0.15, 0.2) is 0 Å². The van der Waals surface area contributed by atoms with Crippen LogP contribution in [0.1, 0.15) is 0 Å². The summed E-state index contributed by atoms with van der Waals surface area (Å²) in [6.07, 6.45) is 0. The Balaban J connectivity index is 2.42. The van der Waals surface area contributed by atoms with E-state index in [1.807, 2.05) is 34.0 Å². The van der Waals surface area contributed by atoms with Crippen molar-refractivity contribution in [3.8, 4) is 0 Å². The van der Waals surface area contributed by atoms with Crippen molar-refractivity contribution in [3.05, 3.63) is 35.7 Å². The van der Waals surface area contributed by atoms with Gasteiger partial charge in [0.25, 0.3) is 0 Å². The Morgan fingerprint density at radius 1 is 0.867 bits per heavy atom. The Labute approximate surface area is 98.4 Å². The molecule has 0 saturated carbocycles. The highest BCUT2D eigenvalue weighted by molar-refractivity contribution is 7.46. The van der Waals surface area contributed by atoms with Gasteiger partial charge in [-0.2, -0.15) is 0 Å². The van der Waals surface area contributed by atoms with Gasteiger partial charge in [-0.15, -0.1) is 34.0 Å². The Hall–Kier alpha value is -0.900. The summed E-state index contributed by atoms with van der Waals surface area (Å²) in [7, 11) is 0. The zero-order valence-corrected chi connectivity index (χ0v) is 10.1. The molecule has 0 N–H and O–H groups in total. The highest BCUT2D eigenvalue weighted by Crippen LogP contribution is 2.45. The molecule has 0 radical (unpaired) electrons. The summed E-state index contributed by atoms with van der Waals surface area (Å²) in [5, 5.41) is 5.09. The third-order valence-electron chi connectivity index (χ3n) is 2.62. The standard InChI is InChI=1S/C12H6S3/c1-2-4-8-7(3-1)10-11-9(5-6-13-11)15-12(10)14-8/h1-6H. The van der Waals surface area contributed by atoms with Crippen molar-refractivity contribution in [1.29, 1.82) is 0 Å². The van der Waals surface area contributed by atoms with E-state index in [9.17, 15) is 0 Å². The van der Waals surface area contributed by atoms with Crippen molar-refractivity contribution in [3.63, 3.8) is 0 Å². The molecule has 0 fully saturated rings. The van der Waals surface area contributed by atoms with Crippen LogP contribution in [0.4, 0.5) is 0 Å². The number of hydrogen-bond acceptors (Lipinski definition) is 3. The van der Waals surface area contributed by atoms with Gasteiger partial charge in [0.2, 0.25) is 0 Å². The van der Waals surface area contributed by atoms with Gasteiger partial charge in [0, 0.05) is 20.2 Å². The lowest BCUT2D eigenvalue weighted by atomic mass is 10.2. The molecule has 3 heteroatoms. The van der Waals surface area contributed by atoms with Crippen molar-refractivity contribution in [2.45, 2.75) is 0 Å². The number of fused-ring (bicyclic) bond motifs is 5. The summed E-state index contributed by atoms with van der Waals surface area (Å²) in [6, 6.07) is 10.9. The van der Waals surface area contributed by atoms with Gasteiger partial charge in [-0.05, 0) is 17.5 Å². The van der Waals surface area contributed by atoms with Crippen molar-refractivity contribution < 1.29 is 0 Å². The molecule has 0 aliphatic carbocycles. The second-order valence-corrected chi connectivity index (χ2v) is 6.76. The molecule has 15 heavy (non-hydrogen) atoms. The van der Waals surface area contributed by atoms with Gasteiger partial charge in [-0.3, -0.25) is 0 Å². The number of rotatable bonds is 0. The van der Waals surface area contributed by atoms with E-state index < -0.39 is 0 Å². The van der Waals surface area contributed by atoms with E-state index in [1.54, 1.807) is 0 Å². The highest BCUT2D eigenvalue weighted by atomic mass is 32.2. The minimum atomic E-state index is 1.41. The fourth-order valence-electron chi connectivity index (χ4n) is 1.97. The third-order valence-corrected chi connectivity index (χ3v) is 6.10. The van der Waals surface area contributed by atoms with Gasteiger partial charge in [-0.25, -0.2) is 0 Å². The van der Waals surface area contributed by atoms with Crippen LogP contribution < -0.4 is 0 Å². The fourth-order valence-corrected chi connectivity index (χ4v) is 5.80. The largest absolute Gasteiger partial charge is 0.142 e. The van der Waals surface area contributed by atoms with Crippen LogP contribution >= 0.6 is 34.0 Å². The molecule has 0 nitrogen and oxygen atoms in total. The molecular weight excluding hydrogens is 240 g/mol. The van der Waals surface area contributed by atoms with Crippen LogP contribution in [0.25, 0.3) is 28.9 Å². The van der Waals surface area contributed by atoms with Crippen LogP contribution in [-0.2, 0) is 0 Å². The van der Waals surface area contributed by atoms with E-state index in [4.69, 9.17) is 0 Å². The topological polar surface area (TPSA) is 0 Å². The van der Waals surface area contributed by atoms with E-state index in [0.29, 0.717) is 0 Å². The maximum absolute atomic E-state index is 2.24. The van der Waals surface area contributed by atoms with Crippen LogP contribution in [0.2, 0.25) is 0 Å². The summed E-state index contributed by atoms with van der Waals surface area (Å²) in [5.41, 5.74) is 0. The molecule has 0 saturated heterocycles. The van der Waals surface area contributed by atoms with Crippen LogP contribution in [0.15, 0.2) is 35.7 Å². The maximum Gasteiger partial charge on any atom is 0.0898 e. The van der Waals surface area contributed by atoms with Gasteiger partial charge in [0.1, 0.15) is 0 Å². The summed E-state index contributed by atoms with van der Waals surface area (Å²) in [5.74, 6) is 0. The first-order valence-corrected chi connectivity index (χ1v) is 7.22. The molecule has 4 rings (SSSR count). The molecule has 72 valence electrons. The van der Waals surface area contributed by atoms with Crippen LogP contribution in [0.5, 0.6) is 0 Å². The monoisotopic (exact) mass is 246 g/mol. The van der Waals surface area contributed by atoms with Gasteiger partial charge >= 0.3 is 0 Å². The molecule has 3 heterocycles. The quantitative estimate of drug-likeness (QED) is 0.393. The molecule has 0 bridgehead atoms. The first-order chi connectivity index (χ1) is 7.43. The van der Waals surface area contributed by atoms with Crippen LogP contribution in [0, 0.1) is 0 Å². The average Bonchev–Trinajstić information content (AvgIpc) is 2.85. The molecule has 0 amide bonds. The van der Waals surface area contributed by atoms with Crippen molar-refractivity contribution in [2.24, 2.45) is 0 Å². The van der Waals surface area contributed by atoms with Crippen LogP contribution in [-0.4, -0.2) is 0 Å². The molecule has 3 aromatic heterocycles. The summed E-state index contributed by atoms with van der Waals surface area (Å²) in [6.45, 7) is 0. The summed E-state index contributed by atoms with van der Waals surface area (Å²) < 4.78 is 5.78. The predicted molar refractivity (Wildman–Crippen MR) is 72.6 cm³/mol. The Morgan fingerprint density at radius 3 is 2.73 bits per heavy atom. The Bertz CT molecular complexity index is 770. The molecule has 4 aromatic rings. The van der Waals surface area contributed by atoms with Crippen molar-refractivity contribution in [2.75, 3.05) is 0 Å². The molecule has 0 atom stereocenters. The molecule has 0 aliphatic heterocycles. The number of thiophene rings is 3. The SMILES string of the molecule is c1ccc2c(c1)sc1sc3ccsc3c12. The van der Waals surface area contributed by atoms with Crippen LogP contribution in [0.3, 0.4) is 0 Å². The fraction of sp³-hybridized carbons (Fsp3) is 0. The first kappa shape index (κ1) is 8.28. The molecule has 0 aliphatic rings. The Morgan fingerprint density at radius 2 is 1.73 bits per heavy atom. The van der Waals surface area contributed by atoms with E-state index in [0.717, 1.165) is 0 Å². The second-order valence-electron chi connectivity index (χ2n) is 3.48. The smallest absolute Gasteiger partial charge is 0.0898 e.